The molecule has 0 saturated heterocycles. The summed E-state index contributed by atoms with van der Waals surface area (Å²) in [6.45, 7) is 0. The summed E-state index contributed by atoms with van der Waals surface area (Å²) in [5.41, 5.74) is 1.58. The first-order chi connectivity index (χ1) is 13.3. The smallest absolute Gasteiger partial charge is 0.234 e. The lowest BCUT2D eigenvalue weighted by Crippen LogP contribution is -2.34. The molecule has 1 amide bonds. The van der Waals surface area contributed by atoms with Crippen molar-refractivity contribution in [2.75, 3.05) is 6.26 Å². The van der Waals surface area contributed by atoms with Gasteiger partial charge in [-0.1, -0.05) is 6.42 Å². The third-order valence-corrected chi connectivity index (χ3v) is 5.01. The topological polar surface area (TPSA) is 62.0 Å². The second-order valence-electron chi connectivity index (χ2n) is 6.59. The molecule has 0 bridgehead atoms. The van der Waals surface area contributed by atoms with E-state index >= 15 is 0 Å². The molecule has 4 rings (SSSR count). The maximum absolute atomic E-state index is 13.5. The molecule has 0 spiro atoms. The average molecular weight is 408 g/mol. The number of aromatic amines is 1. The zero-order valence-electron chi connectivity index (χ0n) is 15.1. The first-order valence-corrected chi connectivity index (χ1v) is 10.3. The Labute approximate surface area is 162 Å². The van der Waals surface area contributed by atoms with Gasteiger partial charge in [0.1, 0.15) is 28.4 Å². The van der Waals surface area contributed by atoms with Crippen molar-refractivity contribution < 1.29 is 22.2 Å². The summed E-state index contributed by atoms with van der Waals surface area (Å²) in [7, 11) is -1.18. The van der Waals surface area contributed by atoms with Gasteiger partial charge in [-0.05, 0) is 54.8 Å². The maximum atomic E-state index is 13.5. The molecular weight excluding hydrogens is 389 g/mol. The third kappa shape index (κ3) is 4.81. The van der Waals surface area contributed by atoms with Crippen LogP contribution in [-0.4, -0.2) is 21.4 Å². The van der Waals surface area contributed by atoms with E-state index in [9.17, 15) is 22.2 Å². The zero-order valence-corrected chi connectivity index (χ0v) is 15.9. The average Bonchev–Trinajstić information content (AvgIpc) is 2.98. The summed E-state index contributed by atoms with van der Waals surface area (Å²) in [6, 6.07) is 9.50. The highest BCUT2D eigenvalue weighted by Crippen LogP contribution is 2.27. The Kier molecular flexibility index (Phi) is 6.18. The number of amides is 1. The van der Waals surface area contributed by atoms with Gasteiger partial charge in [-0.15, -0.1) is 0 Å². The summed E-state index contributed by atoms with van der Waals surface area (Å²) in [6.07, 6.45) is 4.52. The number of nitrogens with one attached hydrogen (secondary N) is 2. The minimum Gasteiger partial charge on any atom is -0.352 e. The fraction of sp³-hybridized carbons (Fsp3) is 0.250. The zero-order chi connectivity index (χ0) is 20.3. The van der Waals surface area contributed by atoms with Gasteiger partial charge in [-0.3, -0.25) is 9.52 Å². The van der Waals surface area contributed by atoms with Crippen molar-refractivity contribution in [3.63, 3.8) is 0 Å². The van der Waals surface area contributed by atoms with E-state index in [1.54, 1.807) is 18.2 Å². The molecule has 0 radical (unpaired) electrons. The second kappa shape index (κ2) is 8.60. The fourth-order valence-electron chi connectivity index (χ4n) is 2.85. The molecule has 148 valence electrons. The van der Waals surface area contributed by atoms with Crippen LogP contribution in [-0.2, 0) is 15.8 Å². The first-order valence-electron chi connectivity index (χ1n) is 8.71. The van der Waals surface area contributed by atoms with Gasteiger partial charge in [0.2, 0.25) is 5.91 Å². The van der Waals surface area contributed by atoms with Crippen LogP contribution in [0.5, 0.6) is 0 Å². The molecule has 1 heterocycles. The van der Waals surface area contributed by atoms with Crippen LogP contribution in [0.4, 0.5) is 13.2 Å². The van der Waals surface area contributed by atoms with E-state index in [0.717, 1.165) is 25.3 Å². The second-order valence-corrected chi connectivity index (χ2v) is 7.70. The highest BCUT2D eigenvalue weighted by molar-refractivity contribution is 7.82. The van der Waals surface area contributed by atoms with Crippen molar-refractivity contribution >= 4 is 27.8 Å². The molecule has 2 N–H and O–H groups in total. The van der Waals surface area contributed by atoms with Gasteiger partial charge in [0.25, 0.3) is 0 Å². The van der Waals surface area contributed by atoms with Crippen LogP contribution in [0.15, 0.2) is 42.5 Å². The number of hydrogen-bond acceptors (Lipinski definition) is 2. The Morgan fingerprint density at radius 1 is 1.07 bits per heavy atom. The lowest BCUT2D eigenvalue weighted by atomic mass is 9.85. The number of halogens is 3. The van der Waals surface area contributed by atoms with Crippen LogP contribution in [0, 0.1) is 23.4 Å². The Hall–Kier alpha value is -2.61. The summed E-state index contributed by atoms with van der Waals surface area (Å²) in [5.74, 6) is -1.51. The van der Waals surface area contributed by atoms with E-state index in [0.29, 0.717) is 16.6 Å². The number of fused-ring (bicyclic) bond motifs is 1. The summed E-state index contributed by atoms with van der Waals surface area (Å²) < 4.78 is 52.2. The van der Waals surface area contributed by atoms with Crippen LogP contribution < -0.4 is 4.72 Å². The lowest BCUT2D eigenvalue weighted by Gasteiger charge is -2.23. The van der Waals surface area contributed by atoms with E-state index in [1.807, 2.05) is 0 Å². The maximum Gasteiger partial charge on any atom is 0.234 e. The predicted octanol–water partition coefficient (Wildman–Crippen LogP) is 4.45. The molecule has 1 aliphatic carbocycles. The monoisotopic (exact) mass is 408 g/mol. The predicted molar refractivity (Wildman–Crippen MR) is 103 cm³/mol. The van der Waals surface area contributed by atoms with Gasteiger partial charge in [0.15, 0.2) is 0 Å². The molecule has 1 saturated carbocycles. The molecular formula is C20H19F3N2O2S. The van der Waals surface area contributed by atoms with Crippen LogP contribution in [0.2, 0.25) is 0 Å². The number of aromatic nitrogens is 1. The van der Waals surface area contributed by atoms with Gasteiger partial charge in [-0.2, -0.15) is 0 Å². The van der Waals surface area contributed by atoms with Crippen LogP contribution in [0.25, 0.3) is 22.2 Å². The van der Waals surface area contributed by atoms with Gasteiger partial charge < -0.3 is 4.98 Å². The molecule has 1 atom stereocenters. The van der Waals surface area contributed by atoms with Crippen molar-refractivity contribution in [3.8, 4) is 11.3 Å². The summed E-state index contributed by atoms with van der Waals surface area (Å²) in [5, 5.41) is 0.451. The molecule has 1 fully saturated rings. The number of H-pyrrole nitrogens is 1. The number of carbonyl (C=O) groups excluding carboxylic acids is 1. The van der Waals surface area contributed by atoms with Crippen LogP contribution in [0.1, 0.15) is 19.3 Å². The normalized spacial score (nSPS) is 14.7. The minimum atomic E-state index is -1.18. The molecule has 2 aromatic carbocycles. The Morgan fingerprint density at radius 2 is 1.75 bits per heavy atom. The molecule has 1 aliphatic rings. The van der Waals surface area contributed by atoms with E-state index < -0.39 is 22.6 Å². The summed E-state index contributed by atoms with van der Waals surface area (Å²) >= 11 is 0. The van der Waals surface area contributed by atoms with Crippen molar-refractivity contribution in [2.45, 2.75) is 19.3 Å². The van der Waals surface area contributed by atoms with Crippen molar-refractivity contribution in [1.82, 2.24) is 9.71 Å². The standard InChI is InChI=1S/C14H8F3N.C6H11NO2S/c15-10-3-1-8(2-4-10)13-6-9-5-11(16)7-12(17)14(9)18-13;1-10(9)7-6(8)5-3-2-4-5/h1-7,18H;5H,2-4H2,1H3,(H,7,8). The van der Waals surface area contributed by atoms with E-state index in [-0.39, 0.29) is 23.2 Å². The Balaban J connectivity index is 0.000000192. The number of rotatable bonds is 3. The minimum absolute atomic E-state index is 0.0490. The molecule has 1 unspecified atom stereocenters. The number of carbonyl (C=O) groups is 1. The van der Waals surface area contributed by atoms with Crippen LogP contribution >= 0.6 is 0 Å². The highest BCUT2D eigenvalue weighted by atomic mass is 32.2. The fourth-order valence-corrected chi connectivity index (χ4v) is 3.30. The van der Waals surface area contributed by atoms with Crippen molar-refractivity contribution in [2.24, 2.45) is 5.92 Å². The highest BCUT2D eigenvalue weighted by Gasteiger charge is 2.25. The molecule has 1 aromatic heterocycles. The lowest BCUT2D eigenvalue weighted by molar-refractivity contribution is -0.125. The molecule has 0 aliphatic heterocycles. The largest absolute Gasteiger partial charge is 0.352 e. The van der Waals surface area contributed by atoms with E-state index in [2.05, 4.69) is 9.71 Å². The van der Waals surface area contributed by atoms with Gasteiger partial charge in [0.05, 0.1) is 5.52 Å². The molecule has 4 nitrogen and oxygen atoms in total. The van der Waals surface area contributed by atoms with Gasteiger partial charge >= 0.3 is 0 Å². The SMILES string of the molecule is CS(=O)NC(=O)C1CCC1.Fc1ccc(-c2cc3cc(F)cc(F)c3[nH]2)cc1. The number of benzene rings is 2. The van der Waals surface area contributed by atoms with E-state index in [1.165, 1.54) is 24.5 Å². The van der Waals surface area contributed by atoms with Crippen molar-refractivity contribution in [3.05, 3.63) is 59.9 Å². The van der Waals surface area contributed by atoms with E-state index in [4.69, 9.17) is 0 Å². The Bertz CT molecular complexity index is 1010. The summed E-state index contributed by atoms with van der Waals surface area (Å²) in [4.78, 5) is 13.8. The molecule has 8 heteroatoms. The third-order valence-electron chi connectivity index (χ3n) is 4.52. The molecule has 28 heavy (non-hydrogen) atoms. The van der Waals surface area contributed by atoms with Gasteiger partial charge in [-0.25, -0.2) is 17.4 Å². The Morgan fingerprint density at radius 3 is 2.32 bits per heavy atom. The number of hydrogen-bond donors (Lipinski definition) is 2. The first kappa shape index (κ1) is 20.1. The van der Waals surface area contributed by atoms with Gasteiger partial charge in [0, 0.05) is 29.3 Å². The quantitative estimate of drug-likeness (QED) is 0.673. The van der Waals surface area contributed by atoms with Crippen LogP contribution in [0.3, 0.4) is 0 Å². The molecule has 3 aromatic rings. The van der Waals surface area contributed by atoms with Crippen molar-refractivity contribution in [1.29, 1.82) is 0 Å².